The number of aromatic nitrogens is 1. The summed E-state index contributed by atoms with van der Waals surface area (Å²) in [5, 5.41) is 0. The molecule has 0 bridgehead atoms. The standard InChI is InChI=1S/C25H28N3O.C7H8O3S/c1-19-16-20(2)25(21(3)17-19)28-14-13-27(18-28)23-9-4-5-10-24(23)29-15-11-22-8-6-7-12-26-22;1-6-2-4-7(5-3-6)11(8,9)10/h4-10,12,16-18H,11,13-15H2,1-3H3;2-5H,1H3,(H,8,9,10)/q+1;/p-1. The van der Waals surface area contributed by atoms with E-state index in [-0.39, 0.29) is 4.90 Å². The second-order valence-electron chi connectivity index (χ2n) is 9.90. The number of benzene rings is 3. The minimum absolute atomic E-state index is 0.178. The SMILES string of the molecule is Cc1cc(C)c([N+]2=CN(c3ccccc3OCCc3ccccn3)CC2)c(C)c1.Cc1ccc(S(=O)(=O)[O-])cc1. The van der Waals surface area contributed by atoms with Gasteiger partial charge in [-0.2, -0.15) is 0 Å². The van der Waals surface area contributed by atoms with E-state index in [1.807, 2.05) is 43.5 Å². The van der Waals surface area contributed by atoms with Gasteiger partial charge in [0.25, 0.3) is 0 Å². The van der Waals surface area contributed by atoms with Crippen LogP contribution in [-0.2, 0) is 16.5 Å². The Morgan fingerprint density at radius 3 is 2.23 bits per heavy atom. The van der Waals surface area contributed by atoms with Crippen molar-refractivity contribution in [1.29, 1.82) is 0 Å². The molecule has 1 aliphatic rings. The quantitative estimate of drug-likeness (QED) is 0.213. The molecular weight excluding hydrogens is 522 g/mol. The molecular formula is C32H35N3O4S. The Balaban J connectivity index is 0.000000283. The van der Waals surface area contributed by atoms with E-state index >= 15 is 0 Å². The van der Waals surface area contributed by atoms with Gasteiger partial charge in [-0.25, -0.2) is 17.9 Å². The van der Waals surface area contributed by atoms with Crippen molar-refractivity contribution in [3.8, 4) is 5.75 Å². The first-order chi connectivity index (χ1) is 19.1. The lowest BCUT2D eigenvalue weighted by Crippen LogP contribution is -2.19. The van der Waals surface area contributed by atoms with Gasteiger partial charge in [0, 0.05) is 18.3 Å². The summed E-state index contributed by atoms with van der Waals surface area (Å²) in [5.41, 5.74) is 8.35. The molecule has 1 aliphatic heterocycles. The van der Waals surface area contributed by atoms with Crippen molar-refractivity contribution in [3.63, 3.8) is 0 Å². The van der Waals surface area contributed by atoms with Crippen LogP contribution in [0.1, 0.15) is 27.9 Å². The Kier molecular flexibility index (Phi) is 9.34. The van der Waals surface area contributed by atoms with Gasteiger partial charge >= 0.3 is 0 Å². The molecule has 40 heavy (non-hydrogen) atoms. The van der Waals surface area contributed by atoms with E-state index < -0.39 is 10.1 Å². The molecule has 0 atom stereocenters. The smallest absolute Gasteiger partial charge is 0.244 e. The summed E-state index contributed by atoms with van der Waals surface area (Å²) in [7, 11) is -4.27. The van der Waals surface area contributed by atoms with Crippen LogP contribution in [0.4, 0.5) is 11.4 Å². The van der Waals surface area contributed by atoms with E-state index in [9.17, 15) is 13.0 Å². The first-order valence-electron chi connectivity index (χ1n) is 13.2. The zero-order chi connectivity index (χ0) is 28.7. The molecule has 0 spiro atoms. The molecule has 4 aromatic rings. The minimum Gasteiger partial charge on any atom is -0.744 e. The van der Waals surface area contributed by atoms with Crippen LogP contribution in [0.15, 0.2) is 90.0 Å². The van der Waals surface area contributed by atoms with Gasteiger partial charge in [0.15, 0.2) is 11.4 Å². The molecule has 0 aliphatic carbocycles. The van der Waals surface area contributed by atoms with Crippen molar-refractivity contribution in [2.24, 2.45) is 0 Å². The molecule has 1 aromatic heterocycles. The highest BCUT2D eigenvalue weighted by Crippen LogP contribution is 2.31. The number of pyridine rings is 1. The van der Waals surface area contributed by atoms with Crippen LogP contribution >= 0.6 is 0 Å². The van der Waals surface area contributed by atoms with Crippen molar-refractivity contribution < 1.29 is 22.3 Å². The van der Waals surface area contributed by atoms with Gasteiger partial charge in [-0.1, -0.05) is 53.6 Å². The lowest BCUT2D eigenvalue weighted by Gasteiger charge is -2.13. The van der Waals surface area contributed by atoms with Crippen LogP contribution in [0.5, 0.6) is 5.75 Å². The van der Waals surface area contributed by atoms with E-state index in [0.717, 1.165) is 42.2 Å². The summed E-state index contributed by atoms with van der Waals surface area (Å²) in [6.45, 7) is 10.9. The third-order valence-corrected chi connectivity index (χ3v) is 7.46. The fourth-order valence-corrected chi connectivity index (χ4v) is 5.28. The number of hydrogen-bond donors (Lipinski definition) is 0. The van der Waals surface area contributed by atoms with Gasteiger partial charge in [0.05, 0.1) is 11.5 Å². The second kappa shape index (κ2) is 12.9. The van der Waals surface area contributed by atoms with Crippen LogP contribution in [0, 0.1) is 27.7 Å². The fourth-order valence-electron chi connectivity index (χ4n) is 4.81. The highest BCUT2D eigenvalue weighted by atomic mass is 32.2. The fraction of sp³-hybridized carbons (Fsp3) is 0.250. The Bertz CT molecular complexity index is 1560. The van der Waals surface area contributed by atoms with E-state index in [2.05, 4.69) is 65.8 Å². The maximum absolute atomic E-state index is 10.4. The molecule has 0 fully saturated rings. The molecule has 0 saturated carbocycles. The molecule has 2 heterocycles. The summed E-state index contributed by atoms with van der Waals surface area (Å²) in [5.74, 6) is 0.916. The molecule has 5 rings (SSSR count). The molecule has 3 aromatic carbocycles. The van der Waals surface area contributed by atoms with E-state index in [1.54, 1.807) is 12.1 Å². The Morgan fingerprint density at radius 2 is 1.57 bits per heavy atom. The molecule has 0 radical (unpaired) electrons. The number of rotatable bonds is 7. The number of para-hydroxylation sites is 2. The van der Waals surface area contributed by atoms with Crippen molar-refractivity contribution >= 4 is 27.8 Å². The van der Waals surface area contributed by atoms with E-state index in [4.69, 9.17) is 4.74 Å². The molecule has 0 N–H and O–H groups in total. The monoisotopic (exact) mass is 557 g/mol. The summed E-state index contributed by atoms with van der Waals surface area (Å²) in [6.07, 6.45) is 4.84. The van der Waals surface area contributed by atoms with Gasteiger partial charge in [-0.3, -0.25) is 4.98 Å². The van der Waals surface area contributed by atoms with Crippen molar-refractivity contribution in [2.75, 3.05) is 24.6 Å². The number of aryl methyl sites for hydroxylation is 4. The summed E-state index contributed by atoms with van der Waals surface area (Å²) in [4.78, 5) is 6.48. The lowest BCUT2D eigenvalue weighted by atomic mass is 10.0. The van der Waals surface area contributed by atoms with Crippen molar-refractivity contribution in [1.82, 2.24) is 4.98 Å². The third-order valence-electron chi connectivity index (χ3n) is 6.61. The Labute approximate surface area is 237 Å². The van der Waals surface area contributed by atoms with Gasteiger partial charge < -0.3 is 9.29 Å². The topological polar surface area (TPSA) is 85.6 Å². The Hall–Kier alpha value is -4.01. The first kappa shape index (κ1) is 29.0. The van der Waals surface area contributed by atoms with Crippen LogP contribution in [0.25, 0.3) is 0 Å². The average Bonchev–Trinajstić information content (AvgIpc) is 3.38. The van der Waals surface area contributed by atoms with Crippen molar-refractivity contribution in [3.05, 3.63) is 113 Å². The molecule has 7 nitrogen and oxygen atoms in total. The third kappa shape index (κ3) is 7.55. The highest BCUT2D eigenvalue weighted by Gasteiger charge is 2.27. The van der Waals surface area contributed by atoms with Gasteiger partial charge in [0.2, 0.25) is 6.34 Å². The largest absolute Gasteiger partial charge is 0.744 e. The maximum atomic E-state index is 10.4. The van der Waals surface area contributed by atoms with E-state index in [0.29, 0.717) is 6.61 Å². The molecule has 0 amide bonds. The predicted molar refractivity (Wildman–Crippen MR) is 158 cm³/mol. The summed E-state index contributed by atoms with van der Waals surface area (Å²) >= 11 is 0. The molecule has 208 valence electrons. The number of anilines is 1. The maximum Gasteiger partial charge on any atom is 0.244 e. The Morgan fingerprint density at radius 1 is 0.900 bits per heavy atom. The first-order valence-corrected chi connectivity index (χ1v) is 14.6. The number of nitrogens with zero attached hydrogens (tertiary/aromatic N) is 3. The van der Waals surface area contributed by atoms with Crippen LogP contribution in [-0.4, -0.2) is 48.6 Å². The van der Waals surface area contributed by atoms with Crippen LogP contribution < -0.4 is 9.64 Å². The molecule has 8 heteroatoms. The minimum atomic E-state index is -4.27. The van der Waals surface area contributed by atoms with Gasteiger partial charge in [-0.15, -0.1) is 0 Å². The van der Waals surface area contributed by atoms with Gasteiger partial charge in [-0.05, 0) is 75.2 Å². The number of hydrogen-bond acceptors (Lipinski definition) is 6. The molecule has 0 saturated heterocycles. The second-order valence-corrected chi connectivity index (χ2v) is 11.3. The number of ether oxygens (including phenoxy) is 1. The predicted octanol–water partition coefficient (Wildman–Crippen LogP) is 5.72. The zero-order valence-corrected chi connectivity index (χ0v) is 24.2. The van der Waals surface area contributed by atoms with E-state index in [1.165, 1.54) is 34.5 Å². The van der Waals surface area contributed by atoms with Crippen molar-refractivity contribution in [2.45, 2.75) is 39.0 Å². The summed E-state index contributed by atoms with van der Waals surface area (Å²) in [6, 6.07) is 24.6. The zero-order valence-electron chi connectivity index (χ0n) is 23.4. The molecule has 0 unspecified atom stereocenters. The average molecular weight is 558 g/mol. The van der Waals surface area contributed by atoms with Gasteiger partial charge in [0.1, 0.15) is 28.9 Å². The van der Waals surface area contributed by atoms with Crippen LogP contribution in [0.2, 0.25) is 0 Å². The highest BCUT2D eigenvalue weighted by molar-refractivity contribution is 7.85. The lowest BCUT2D eigenvalue weighted by molar-refractivity contribution is -0.425. The normalized spacial score (nSPS) is 12.9. The summed E-state index contributed by atoms with van der Waals surface area (Å²) < 4.78 is 39.7. The van der Waals surface area contributed by atoms with Crippen LogP contribution in [0.3, 0.4) is 0 Å².